The smallest absolute Gasteiger partial charge is 0.341 e. The van der Waals surface area contributed by atoms with Crippen LogP contribution in [0.25, 0.3) is 0 Å². The fourth-order valence-corrected chi connectivity index (χ4v) is 3.23. The number of nitrogens with zero attached hydrogens (tertiary/aromatic N) is 1. The Bertz CT molecular complexity index is 434. The van der Waals surface area contributed by atoms with Gasteiger partial charge in [-0.05, 0) is 23.7 Å². The van der Waals surface area contributed by atoms with Crippen molar-refractivity contribution >= 4 is 40.3 Å². The Labute approximate surface area is 113 Å². The highest BCUT2D eigenvalue weighted by Gasteiger charge is 2.21. The molecule has 4 N–H and O–H groups in total. The average molecular weight is 289 g/mol. The number of rotatable bonds is 7. The van der Waals surface area contributed by atoms with Gasteiger partial charge in [0.1, 0.15) is 15.6 Å². The van der Waals surface area contributed by atoms with Gasteiger partial charge in [-0.2, -0.15) is 4.37 Å². The van der Waals surface area contributed by atoms with E-state index in [0.29, 0.717) is 5.03 Å². The summed E-state index contributed by atoms with van der Waals surface area (Å²) in [6.07, 6.45) is 3.22. The summed E-state index contributed by atoms with van der Waals surface area (Å²) in [5, 5.41) is 12.0. The Kier molecular flexibility index (Phi) is 5.93. The lowest BCUT2D eigenvalue weighted by molar-refractivity contribution is 0.0694. The number of aromatic carboxylic acids is 1. The van der Waals surface area contributed by atoms with Gasteiger partial charge < -0.3 is 10.8 Å². The SMILES string of the molecule is CCCCCSc1nsc(NC(N)=O)c1C(=O)O. The summed E-state index contributed by atoms with van der Waals surface area (Å²) in [4.78, 5) is 21.9. The highest BCUT2D eigenvalue weighted by molar-refractivity contribution is 7.99. The maximum absolute atomic E-state index is 11.1. The van der Waals surface area contributed by atoms with E-state index in [4.69, 9.17) is 10.8 Å². The second-order valence-electron chi connectivity index (χ2n) is 3.54. The molecule has 0 radical (unpaired) electrons. The predicted octanol–water partition coefficient (Wildman–Crippen LogP) is 2.61. The van der Waals surface area contributed by atoms with E-state index < -0.39 is 12.0 Å². The van der Waals surface area contributed by atoms with Crippen molar-refractivity contribution in [2.45, 2.75) is 31.2 Å². The van der Waals surface area contributed by atoms with E-state index in [1.54, 1.807) is 0 Å². The largest absolute Gasteiger partial charge is 0.477 e. The predicted molar refractivity (Wildman–Crippen MR) is 72.5 cm³/mol. The molecular weight excluding hydrogens is 274 g/mol. The Hall–Kier alpha value is -1.28. The van der Waals surface area contributed by atoms with Crippen LogP contribution in [0.5, 0.6) is 0 Å². The van der Waals surface area contributed by atoms with Crippen LogP contribution in [0.3, 0.4) is 0 Å². The number of carbonyl (C=O) groups is 2. The number of urea groups is 1. The van der Waals surface area contributed by atoms with Crippen LogP contribution in [0.4, 0.5) is 9.80 Å². The van der Waals surface area contributed by atoms with Crippen molar-refractivity contribution in [2.75, 3.05) is 11.1 Å². The van der Waals surface area contributed by atoms with E-state index in [1.807, 2.05) is 0 Å². The molecule has 0 fully saturated rings. The summed E-state index contributed by atoms with van der Waals surface area (Å²) in [5.41, 5.74) is 5.00. The number of hydrogen-bond donors (Lipinski definition) is 3. The standard InChI is InChI=1S/C10H15N3O3S2/c1-2-3-4-5-17-8-6(9(14)15)7(18-13-8)12-10(11)16/h2-5H2,1H3,(H,14,15)(H3,11,12,16). The first-order chi connectivity index (χ1) is 8.56. The molecule has 1 aromatic heterocycles. The Morgan fingerprint density at radius 2 is 2.22 bits per heavy atom. The van der Waals surface area contributed by atoms with Crippen molar-refractivity contribution in [2.24, 2.45) is 5.73 Å². The van der Waals surface area contributed by atoms with Gasteiger partial charge in [0.2, 0.25) is 0 Å². The lowest BCUT2D eigenvalue weighted by Crippen LogP contribution is -2.20. The van der Waals surface area contributed by atoms with Gasteiger partial charge in [0, 0.05) is 0 Å². The summed E-state index contributed by atoms with van der Waals surface area (Å²) < 4.78 is 4.04. The molecule has 100 valence electrons. The molecule has 0 aliphatic heterocycles. The highest BCUT2D eigenvalue weighted by Crippen LogP contribution is 2.32. The van der Waals surface area contributed by atoms with Crippen molar-refractivity contribution < 1.29 is 14.7 Å². The summed E-state index contributed by atoms with van der Waals surface area (Å²) in [5.74, 6) is -0.293. The Morgan fingerprint density at radius 1 is 1.50 bits per heavy atom. The number of nitrogens with one attached hydrogen (secondary N) is 1. The van der Waals surface area contributed by atoms with E-state index in [-0.39, 0.29) is 10.6 Å². The maximum atomic E-state index is 11.1. The maximum Gasteiger partial charge on any atom is 0.341 e. The Morgan fingerprint density at radius 3 is 2.78 bits per heavy atom. The van der Waals surface area contributed by atoms with E-state index in [1.165, 1.54) is 11.8 Å². The minimum Gasteiger partial charge on any atom is -0.477 e. The number of hydrogen-bond acceptors (Lipinski definition) is 5. The molecule has 0 unspecified atom stereocenters. The molecule has 1 aromatic rings. The first-order valence-corrected chi connectivity index (χ1v) is 7.24. The summed E-state index contributed by atoms with van der Waals surface area (Å²) >= 11 is 2.32. The van der Waals surface area contributed by atoms with Crippen molar-refractivity contribution in [1.82, 2.24) is 4.37 Å². The molecule has 1 heterocycles. The third kappa shape index (κ3) is 4.19. The molecule has 0 aliphatic carbocycles. The van der Waals surface area contributed by atoms with E-state index in [0.717, 1.165) is 36.5 Å². The van der Waals surface area contributed by atoms with Crippen LogP contribution in [-0.4, -0.2) is 27.2 Å². The first kappa shape index (κ1) is 14.8. The number of unbranched alkanes of at least 4 members (excludes halogenated alkanes) is 2. The minimum atomic E-state index is -1.11. The van der Waals surface area contributed by atoms with Gasteiger partial charge in [-0.15, -0.1) is 11.8 Å². The molecule has 2 amide bonds. The molecule has 0 bridgehead atoms. The topological polar surface area (TPSA) is 105 Å². The summed E-state index contributed by atoms with van der Waals surface area (Å²) in [6, 6.07) is -0.788. The second kappa shape index (κ2) is 7.22. The van der Waals surface area contributed by atoms with E-state index in [9.17, 15) is 9.59 Å². The van der Waals surface area contributed by atoms with Gasteiger partial charge in [0.05, 0.1) is 0 Å². The van der Waals surface area contributed by atoms with E-state index >= 15 is 0 Å². The fourth-order valence-electron chi connectivity index (χ4n) is 1.28. The monoisotopic (exact) mass is 289 g/mol. The van der Waals surface area contributed by atoms with Crippen LogP contribution in [0, 0.1) is 0 Å². The van der Waals surface area contributed by atoms with E-state index in [2.05, 4.69) is 16.6 Å². The van der Waals surface area contributed by atoms with Crippen molar-refractivity contribution in [3.8, 4) is 0 Å². The van der Waals surface area contributed by atoms with Gasteiger partial charge in [0.25, 0.3) is 0 Å². The van der Waals surface area contributed by atoms with Crippen molar-refractivity contribution in [3.63, 3.8) is 0 Å². The minimum absolute atomic E-state index is 0.0281. The van der Waals surface area contributed by atoms with Crippen molar-refractivity contribution in [1.29, 1.82) is 0 Å². The zero-order valence-corrected chi connectivity index (χ0v) is 11.6. The van der Waals surface area contributed by atoms with Crippen LogP contribution in [0.1, 0.15) is 36.5 Å². The van der Waals surface area contributed by atoms with Crippen molar-refractivity contribution in [3.05, 3.63) is 5.56 Å². The number of thioether (sulfide) groups is 1. The quantitative estimate of drug-likeness (QED) is 0.528. The van der Waals surface area contributed by atoms with Crippen LogP contribution in [-0.2, 0) is 0 Å². The molecule has 6 nitrogen and oxygen atoms in total. The van der Waals surface area contributed by atoms with Crippen LogP contribution in [0.2, 0.25) is 0 Å². The van der Waals surface area contributed by atoms with Crippen LogP contribution < -0.4 is 11.1 Å². The molecule has 8 heteroatoms. The molecule has 0 saturated carbocycles. The third-order valence-corrected chi connectivity index (χ3v) is 4.04. The number of anilines is 1. The highest BCUT2D eigenvalue weighted by atomic mass is 32.2. The number of carbonyl (C=O) groups excluding carboxylic acids is 1. The van der Waals surface area contributed by atoms with Crippen LogP contribution in [0.15, 0.2) is 5.03 Å². The molecule has 0 saturated heterocycles. The van der Waals surface area contributed by atoms with Gasteiger partial charge in [-0.3, -0.25) is 5.32 Å². The normalized spacial score (nSPS) is 10.3. The zero-order valence-electron chi connectivity index (χ0n) is 9.93. The number of aromatic nitrogens is 1. The number of carboxylic acid groups (broad SMARTS) is 1. The molecule has 1 rings (SSSR count). The van der Waals surface area contributed by atoms with Gasteiger partial charge in [-0.25, -0.2) is 9.59 Å². The molecule has 0 aliphatic rings. The Balaban J connectivity index is 2.75. The van der Waals surface area contributed by atoms with Gasteiger partial charge >= 0.3 is 12.0 Å². The van der Waals surface area contributed by atoms with Crippen LogP contribution >= 0.6 is 23.3 Å². The van der Waals surface area contributed by atoms with Gasteiger partial charge in [-0.1, -0.05) is 19.8 Å². The molecule has 0 spiro atoms. The summed E-state index contributed by atoms with van der Waals surface area (Å²) in [6.45, 7) is 2.10. The number of primary amides is 1. The first-order valence-electron chi connectivity index (χ1n) is 5.48. The average Bonchev–Trinajstić information content (AvgIpc) is 2.66. The number of amides is 2. The summed E-state index contributed by atoms with van der Waals surface area (Å²) in [7, 11) is 0. The second-order valence-corrected chi connectivity index (χ2v) is 5.40. The third-order valence-electron chi connectivity index (χ3n) is 2.10. The lowest BCUT2D eigenvalue weighted by atomic mass is 10.3. The number of nitrogens with two attached hydrogens (primary N) is 1. The molecule has 18 heavy (non-hydrogen) atoms. The number of carboxylic acids is 1. The molecular formula is C10H15N3O3S2. The van der Waals surface area contributed by atoms with Gasteiger partial charge in [0.15, 0.2) is 0 Å². The zero-order chi connectivity index (χ0) is 13.5. The molecule has 0 aromatic carbocycles. The molecule has 0 atom stereocenters. The fraction of sp³-hybridized carbons (Fsp3) is 0.500. The lowest BCUT2D eigenvalue weighted by Gasteiger charge is -2.01.